The van der Waals surface area contributed by atoms with Crippen LogP contribution in [0.25, 0.3) is 0 Å². The van der Waals surface area contributed by atoms with Gasteiger partial charge in [-0.2, -0.15) is 0 Å². The fraction of sp³-hybridized carbons (Fsp3) is 0.357. The molecular formula is C14H16N2O3. The van der Waals surface area contributed by atoms with Crippen molar-refractivity contribution in [2.24, 2.45) is 5.73 Å². The van der Waals surface area contributed by atoms with Crippen molar-refractivity contribution >= 4 is 17.7 Å². The van der Waals surface area contributed by atoms with Crippen LogP contribution in [0.3, 0.4) is 0 Å². The molecule has 3 amide bonds. The molecule has 1 atom stereocenters. The standard InChI is InChI=1S/C14H16N2O3/c1-2-14(8-7-11(17)16-13(14)19)10-5-3-9(4-6-10)12(15)18/h3-6H,2,7-8H2,1H3,(H2,15,18)(H,16,17,19). The second-order valence-corrected chi connectivity index (χ2v) is 4.75. The predicted octanol–water partition coefficient (Wildman–Crippen LogP) is 0.870. The van der Waals surface area contributed by atoms with E-state index >= 15 is 0 Å². The van der Waals surface area contributed by atoms with Gasteiger partial charge >= 0.3 is 0 Å². The second kappa shape index (κ2) is 4.84. The van der Waals surface area contributed by atoms with E-state index in [9.17, 15) is 14.4 Å². The zero-order valence-corrected chi connectivity index (χ0v) is 10.7. The number of rotatable bonds is 3. The summed E-state index contributed by atoms with van der Waals surface area (Å²) in [6.45, 7) is 1.91. The molecule has 1 heterocycles. The maximum Gasteiger partial charge on any atom is 0.248 e. The van der Waals surface area contributed by atoms with Gasteiger partial charge in [0.2, 0.25) is 17.7 Å². The molecule has 3 N–H and O–H groups in total. The minimum Gasteiger partial charge on any atom is -0.366 e. The van der Waals surface area contributed by atoms with E-state index in [0.717, 1.165) is 5.56 Å². The van der Waals surface area contributed by atoms with E-state index in [0.29, 0.717) is 24.8 Å². The van der Waals surface area contributed by atoms with Crippen LogP contribution < -0.4 is 11.1 Å². The van der Waals surface area contributed by atoms with Gasteiger partial charge in [0.25, 0.3) is 0 Å². The summed E-state index contributed by atoms with van der Waals surface area (Å²) in [7, 11) is 0. The third-order valence-electron chi connectivity index (χ3n) is 3.79. The fourth-order valence-electron chi connectivity index (χ4n) is 2.52. The smallest absolute Gasteiger partial charge is 0.248 e. The van der Waals surface area contributed by atoms with Crippen molar-refractivity contribution in [3.8, 4) is 0 Å². The largest absolute Gasteiger partial charge is 0.366 e. The van der Waals surface area contributed by atoms with Crippen molar-refractivity contribution in [1.29, 1.82) is 0 Å². The van der Waals surface area contributed by atoms with Crippen LogP contribution in [0.1, 0.15) is 42.1 Å². The molecule has 1 aromatic carbocycles. The summed E-state index contributed by atoms with van der Waals surface area (Å²) in [5.74, 6) is -0.999. The molecule has 1 aliphatic heterocycles. The average Bonchev–Trinajstić information content (AvgIpc) is 2.40. The third kappa shape index (κ3) is 2.23. The Kier molecular flexibility index (Phi) is 3.38. The minimum absolute atomic E-state index is 0.233. The molecule has 0 aromatic heterocycles. The van der Waals surface area contributed by atoms with E-state index in [1.165, 1.54) is 0 Å². The molecule has 0 bridgehead atoms. The van der Waals surface area contributed by atoms with Crippen molar-refractivity contribution in [2.75, 3.05) is 0 Å². The van der Waals surface area contributed by atoms with E-state index in [1.54, 1.807) is 24.3 Å². The molecular weight excluding hydrogens is 244 g/mol. The Labute approximate surface area is 111 Å². The molecule has 1 fully saturated rings. The van der Waals surface area contributed by atoms with Crippen LogP contribution in [0.15, 0.2) is 24.3 Å². The number of carbonyl (C=O) groups is 3. The lowest BCUT2D eigenvalue weighted by Gasteiger charge is -2.34. The number of nitrogens with two attached hydrogens (primary N) is 1. The summed E-state index contributed by atoms with van der Waals surface area (Å²) in [6.07, 6.45) is 1.42. The highest BCUT2D eigenvalue weighted by atomic mass is 16.2. The van der Waals surface area contributed by atoms with Crippen molar-refractivity contribution in [2.45, 2.75) is 31.6 Å². The quantitative estimate of drug-likeness (QED) is 0.790. The Balaban J connectivity index is 2.38. The molecule has 19 heavy (non-hydrogen) atoms. The van der Waals surface area contributed by atoms with E-state index < -0.39 is 11.3 Å². The second-order valence-electron chi connectivity index (χ2n) is 4.75. The maximum absolute atomic E-state index is 12.2. The van der Waals surface area contributed by atoms with Gasteiger partial charge in [-0.25, -0.2) is 0 Å². The molecule has 2 rings (SSSR count). The SMILES string of the molecule is CCC1(c2ccc(C(N)=O)cc2)CCC(=O)NC1=O. The zero-order valence-electron chi connectivity index (χ0n) is 10.7. The number of nitrogens with one attached hydrogen (secondary N) is 1. The van der Waals surface area contributed by atoms with Gasteiger partial charge in [-0.3, -0.25) is 19.7 Å². The molecule has 0 saturated carbocycles. The van der Waals surface area contributed by atoms with Gasteiger partial charge in [0.05, 0.1) is 5.41 Å². The first-order valence-electron chi connectivity index (χ1n) is 6.24. The molecule has 1 unspecified atom stereocenters. The van der Waals surface area contributed by atoms with E-state index in [1.807, 2.05) is 6.92 Å². The fourth-order valence-corrected chi connectivity index (χ4v) is 2.52. The topological polar surface area (TPSA) is 89.3 Å². The van der Waals surface area contributed by atoms with E-state index in [2.05, 4.69) is 5.32 Å². The summed E-state index contributed by atoms with van der Waals surface area (Å²) in [5.41, 5.74) is 5.72. The van der Waals surface area contributed by atoms with Crippen LogP contribution in [0.5, 0.6) is 0 Å². The number of benzene rings is 1. The van der Waals surface area contributed by atoms with Crippen LogP contribution in [-0.2, 0) is 15.0 Å². The Morgan fingerprint density at radius 3 is 2.42 bits per heavy atom. The van der Waals surface area contributed by atoms with Crippen LogP contribution >= 0.6 is 0 Å². The van der Waals surface area contributed by atoms with Crippen LogP contribution in [0.4, 0.5) is 0 Å². The highest BCUT2D eigenvalue weighted by molar-refractivity contribution is 6.03. The summed E-state index contributed by atoms with van der Waals surface area (Å²) in [4.78, 5) is 34.5. The highest BCUT2D eigenvalue weighted by Gasteiger charge is 2.42. The monoisotopic (exact) mass is 260 g/mol. The number of primary amides is 1. The Morgan fingerprint density at radius 2 is 1.95 bits per heavy atom. The van der Waals surface area contributed by atoms with Gasteiger partial charge in [-0.15, -0.1) is 0 Å². The number of hydrogen-bond donors (Lipinski definition) is 2. The van der Waals surface area contributed by atoms with Crippen LogP contribution in [-0.4, -0.2) is 17.7 Å². The number of hydrogen-bond acceptors (Lipinski definition) is 3. The third-order valence-corrected chi connectivity index (χ3v) is 3.79. The first-order valence-corrected chi connectivity index (χ1v) is 6.24. The predicted molar refractivity (Wildman–Crippen MR) is 69.3 cm³/mol. The summed E-state index contributed by atoms with van der Waals surface area (Å²) >= 11 is 0. The van der Waals surface area contributed by atoms with Gasteiger partial charge in [-0.05, 0) is 30.5 Å². The van der Waals surface area contributed by atoms with Crippen LogP contribution in [0.2, 0.25) is 0 Å². The van der Waals surface area contributed by atoms with Gasteiger partial charge in [0.15, 0.2) is 0 Å². The number of amides is 3. The molecule has 5 nitrogen and oxygen atoms in total. The van der Waals surface area contributed by atoms with Crippen LogP contribution in [0, 0.1) is 0 Å². The van der Waals surface area contributed by atoms with E-state index in [4.69, 9.17) is 5.73 Å². The lowest BCUT2D eigenvalue weighted by Crippen LogP contribution is -2.51. The number of imide groups is 1. The molecule has 0 radical (unpaired) electrons. The molecule has 5 heteroatoms. The van der Waals surface area contributed by atoms with Gasteiger partial charge in [0.1, 0.15) is 0 Å². The number of piperidine rings is 1. The summed E-state index contributed by atoms with van der Waals surface area (Å²) in [6, 6.07) is 6.69. The summed E-state index contributed by atoms with van der Waals surface area (Å²) < 4.78 is 0. The lowest BCUT2D eigenvalue weighted by atomic mass is 9.72. The van der Waals surface area contributed by atoms with Gasteiger partial charge in [-0.1, -0.05) is 19.1 Å². The Bertz CT molecular complexity index is 536. The number of carbonyl (C=O) groups excluding carboxylic acids is 3. The normalized spacial score (nSPS) is 23.0. The first kappa shape index (κ1) is 13.3. The van der Waals surface area contributed by atoms with Crippen molar-refractivity contribution in [3.63, 3.8) is 0 Å². The van der Waals surface area contributed by atoms with Crippen molar-refractivity contribution in [3.05, 3.63) is 35.4 Å². The van der Waals surface area contributed by atoms with E-state index in [-0.39, 0.29) is 11.8 Å². The minimum atomic E-state index is -0.690. The molecule has 0 aliphatic carbocycles. The molecule has 100 valence electrons. The Morgan fingerprint density at radius 1 is 1.32 bits per heavy atom. The maximum atomic E-state index is 12.2. The van der Waals surface area contributed by atoms with Gasteiger partial charge in [0, 0.05) is 12.0 Å². The average molecular weight is 260 g/mol. The first-order chi connectivity index (χ1) is 8.99. The molecule has 1 aliphatic rings. The lowest BCUT2D eigenvalue weighted by molar-refractivity contribution is -0.138. The highest BCUT2D eigenvalue weighted by Crippen LogP contribution is 2.35. The molecule has 1 aromatic rings. The Hall–Kier alpha value is -2.17. The van der Waals surface area contributed by atoms with Crippen molar-refractivity contribution < 1.29 is 14.4 Å². The molecule has 0 spiro atoms. The summed E-state index contributed by atoms with van der Waals surface area (Å²) in [5, 5.41) is 2.39. The van der Waals surface area contributed by atoms with Crippen molar-refractivity contribution in [1.82, 2.24) is 5.32 Å². The molecule has 1 saturated heterocycles. The zero-order chi connectivity index (χ0) is 14.0. The van der Waals surface area contributed by atoms with Gasteiger partial charge < -0.3 is 5.73 Å².